The van der Waals surface area contributed by atoms with E-state index in [0.29, 0.717) is 6.04 Å². The summed E-state index contributed by atoms with van der Waals surface area (Å²) in [6, 6.07) is 7.10. The van der Waals surface area contributed by atoms with Crippen molar-refractivity contribution in [2.75, 3.05) is 26.2 Å². The topological polar surface area (TPSA) is 38.5 Å². The van der Waals surface area contributed by atoms with Crippen LogP contribution in [-0.2, 0) is 6.42 Å². The minimum absolute atomic E-state index is 0.479. The molecule has 2 N–H and O–H groups in total. The zero-order valence-corrected chi connectivity index (χ0v) is 13.6. The van der Waals surface area contributed by atoms with Crippen LogP contribution < -0.4 is 10.5 Å². The van der Waals surface area contributed by atoms with Gasteiger partial charge in [0.05, 0.1) is 6.61 Å². The average molecular weight is 290 g/mol. The first-order valence-electron chi connectivity index (χ1n) is 8.49. The summed E-state index contributed by atoms with van der Waals surface area (Å²) in [6.07, 6.45) is 5.78. The summed E-state index contributed by atoms with van der Waals surface area (Å²) in [5.41, 5.74) is 8.73. The predicted octanol–water partition coefficient (Wildman–Crippen LogP) is 3.52. The van der Waals surface area contributed by atoms with Gasteiger partial charge in [-0.15, -0.1) is 0 Å². The van der Waals surface area contributed by atoms with E-state index in [9.17, 15) is 0 Å². The van der Waals surface area contributed by atoms with Crippen LogP contribution in [0.3, 0.4) is 0 Å². The maximum absolute atomic E-state index is 5.87. The minimum atomic E-state index is 0.479. The number of ether oxygens (including phenoxy) is 1. The van der Waals surface area contributed by atoms with Crippen LogP contribution in [0.15, 0.2) is 18.2 Å². The van der Waals surface area contributed by atoms with E-state index in [-0.39, 0.29) is 0 Å². The van der Waals surface area contributed by atoms with Gasteiger partial charge in [0, 0.05) is 6.04 Å². The number of nitrogens with two attached hydrogens (primary N) is 1. The highest BCUT2D eigenvalue weighted by molar-refractivity contribution is 5.38. The van der Waals surface area contributed by atoms with Crippen LogP contribution in [0.25, 0.3) is 0 Å². The molecule has 0 saturated carbocycles. The Hall–Kier alpha value is -1.06. The molecule has 1 heterocycles. The van der Waals surface area contributed by atoms with Gasteiger partial charge in [0.15, 0.2) is 0 Å². The second kappa shape index (κ2) is 8.40. The summed E-state index contributed by atoms with van der Waals surface area (Å²) >= 11 is 0. The van der Waals surface area contributed by atoms with Crippen molar-refractivity contribution in [3.63, 3.8) is 0 Å². The Kier molecular flexibility index (Phi) is 6.52. The van der Waals surface area contributed by atoms with Crippen LogP contribution in [0.4, 0.5) is 0 Å². The van der Waals surface area contributed by atoms with Gasteiger partial charge in [-0.1, -0.05) is 19.9 Å². The van der Waals surface area contributed by atoms with E-state index < -0.39 is 0 Å². The van der Waals surface area contributed by atoms with E-state index in [1.54, 1.807) is 0 Å². The maximum atomic E-state index is 5.87. The van der Waals surface area contributed by atoms with Crippen molar-refractivity contribution >= 4 is 0 Å². The Labute approximate surface area is 129 Å². The lowest BCUT2D eigenvalue weighted by Crippen LogP contribution is -2.28. The van der Waals surface area contributed by atoms with Crippen molar-refractivity contribution in [3.8, 4) is 5.75 Å². The van der Waals surface area contributed by atoms with Crippen LogP contribution in [0.5, 0.6) is 5.75 Å². The van der Waals surface area contributed by atoms with E-state index in [2.05, 4.69) is 36.9 Å². The molecule has 21 heavy (non-hydrogen) atoms. The van der Waals surface area contributed by atoms with E-state index in [0.717, 1.165) is 38.2 Å². The first-order valence-corrected chi connectivity index (χ1v) is 8.49. The fraction of sp³-hybridized carbons (Fsp3) is 0.667. The van der Waals surface area contributed by atoms with Crippen molar-refractivity contribution in [1.29, 1.82) is 0 Å². The van der Waals surface area contributed by atoms with Gasteiger partial charge < -0.3 is 10.5 Å². The zero-order valence-electron chi connectivity index (χ0n) is 13.6. The predicted molar refractivity (Wildman–Crippen MR) is 88.8 cm³/mol. The average Bonchev–Trinajstić information content (AvgIpc) is 3.04. The van der Waals surface area contributed by atoms with Gasteiger partial charge in [-0.3, -0.25) is 4.90 Å². The standard InChI is InChI=1S/C18H30N2O/c1-3-13-21-16-7-8-17(15(4-2)14-16)18(9-10-19)20-11-5-6-12-20/h7-8,14,18H,3-6,9-13,19H2,1-2H3. The molecular formula is C18H30N2O. The molecule has 1 aromatic carbocycles. The molecule has 0 amide bonds. The molecule has 0 aromatic heterocycles. The summed E-state index contributed by atoms with van der Waals surface area (Å²) in [7, 11) is 0. The lowest BCUT2D eigenvalue weighted by atomic mass is 9.95. The Balaban J connectivity index is 2.21. The number of rotatable bonds is 8. The van der Waals surface area contributed by atoms with Gasteiger partial charge in [-0.2, -0.15) is 0 Å². The smallest absolute Gasteiger partial charge is 0.119 e. The number of benzene rings is 1. The van der Waals surface area contributed by atoms with Gasteiger partial charge >= 0.3 is 0 Å². The van der Waals surface area contributed by atoms with E-state index in [4.69, 9.17) is 10.5 Å². The molecule has 1 saturated heterocycles. The molecule has 1 atom stereocenters. The number of hydrogen-bond acceptors (Lipinski definition) is 3. The fourth-order valence-electron chi connectivity index (χ4n) is 3.27. The monoisotopic (exact) mass is 290 g/mol. The molecule has 2 rings (SSSR count). The summed E-state index contributed by atoms with van der Waals surface area (Å²) in [6.45, 7) is 8.33. The summed E-state index contributed by atoms with van der Waals surface area (Å²) < 4.78 is 5.78. The maximum Gasteiger partial charge on any atom is 0.119 e. The fourth-order valence-corrected chi connectivity index (χ4v) is 3.27. The molecule has 1 aliphatic heterocycles. The normalized spacial score (nSPS) is 17.1. The van der Waals surface area contributed by atoms with Crippen LogP contribution in [0.1, 0.15) is 56.7 Å². The van der Waals surface area contributed by atoms with E-state index in [1.807, 2.05) is 0 Å². The molecule has 1 aliphatic rings. The van der Waals surface area contributed by atoms with Crippen molar-refractivity contribution < 1.29 is 4.74 Å². The number of nitrogens with zero attached hydrogens (tertiary/aromatic N) is 1. The molecule has 1 unspecified atom stereocenters. The van der Waals surface area contributed by atoms with Crippen molar-refractivity contribution in [2.45, 2.75) is 52.0 Å². The largest absolute Gasteiger partial charge is 0.494 e. The molecule has 3 nitrogen and oxygen atoms in total. The van der Waals surface area contributed by atoms with Crippen molar-refractivity contribution in [1.82, 2.24) is 4.90 Å². The highest BCUT2D eigenvalue weighted by Gasteiger charge is 2.24. The summed E-state index contributed by atoms with van der Waals surface area (Å²) in [5.74, 6) is 1.00. The van der Waals surface area contributed by atoms with E-state index in [1.165, 1.54) is 37.1 Å². The Morgan fingerprint density at radius 1 is 1.24 bits per heavy atom. The minimum Gasteiger partial charge on any atom is -0.494 e. The summed E-state index contributed by atoms with van der Waals surface area (Å²) in [5, 5.41) is 0. The Morgan fingerprint density at radius 2 is 2.00 bits per heavy atom. The quantitative estimate of drug-likeness (QED) is 0.796. The molecule has 3 heteroatoms. The van der Waals surface area contributed by atoms with Crippen LogP contribution >= 0.6 is 0 Å². The third-order valence-corrected chi connectivity index (χ3v) is 4.35. The third-order valence-electron chi connectivity index (χ3n) is 4.35. The first kappa shape index (κ1) is 16.3. The van der Waals surface area contributed by atoms with Gasteiger partial charge in [-0.05, 0) is 75.0 Å². The van der Waals surface area contributed by atoms with Crippen molar-refractivity contribution in [3.05, 3.63) is 29.3 Å². The van der Waals surface area contributed by atoms with Gasteiger partial charge in [0.2, 0.25) is 0 Å². The van der Waals surface area contributed by atoms with Gasteiger partial charge in [0.1, 0.15) is 5.75 Å². The van der Waals surface area contributed by atoms with Crippen LogP contribution in [-0.4, -0.2) is 31.1 Å². The van der Waals surface area contributed by atoms with Crippen LogP contribution in [0, 0.1) is 0 Å². The van der Waals surface area contributed by atoms with Crippen molar-refractivity contribution in [2.24, 2.45) is 5.73 Å². The lowest BCUT2D eigenvalue weighted by Gasteiger charge is -2.29. The zero-order chi connectivity index (χ0) is 15.1. The molecule has 1 aromatic rings. The molecule has 0 radical (unpaired) electrons. The number of hydrogen-bond donors (Lipinski definition) is 1. The molecule has 1 fully saturated rings. The molecule has 0 spiro atoms. The molecule has 118 valence electrons. The number of likely N-dealkylation sites (tertiary alicyclic amines) is 1. The second-order valence-corrected chi connectivity index (χ2v) is 5.90. The second-order valence-electron chi connectivity index (χ2n) is 5.90. The summed E-state index contributed by atoms with van der Waals surface area (Å²) in [4.78, 5) is 2.61. The Morgan fingerprint density at radius 3 is 2.62 bits per heavy atom. The van der Waals surface area contributed by atoms with Crippen LogP contribution in [0.2, 0.25) is 0 Å². The van der Waals surface area contributed by atoms with E-state index >= 15 is 0 Å². The highest BCUT2D eigenvalue weighted by Crippen LogP contribution is 2.32. The molecule has 0 bridgehead atoms. The van der Waals surface area contributed by atoms with Gasteiger partial charge in [-0.25, -0.2) is 0 Å². The SMILES string of the molecule is CCCOc1ccc(C(CCN)N2CCCC2)c(CC)c1. The number of aryl methyl sites for hydroxylation is 1. The molecular weight excluding hydrogens is 260 g/mol. The Bertz CT molecular complexity index is 427. The van der Waals surface area contributed by atoms with Gasteiger partial charge in [0.25, 0.3) is 0 Å². The molecule has 0 aliphatic carbocycles. The first-order chi connectivity index (χ1) is 10.3. The lowest BCUT2D eigenvalue weighted by molar-refractivity contribution is 0.234. The third kappa shape index (κ3) is 4.21. The highest BCUT2D eigenvalue weighted by atomic mass is 16.5.